The molecule has 0 amide bonds. The zero-order valence-corrected chi connectivity index (χ0v) is 7.92. The molecule has 0 N–H and O–H groups in total. The van der Waals surface area contributed by atoms with Gasteiger partial charge in [-0.15, -0.1) is 0 Å². The molecule has 1 aromatic rings. The second kappa shape index (κ2) is 3.49. The van der Waals surface area contributed by atoms with Crippen molar-refractivity contribution < 1.29 is 13.6 Å². The van der Waals surface area contributed by atoms with E-state index >= 15 is 0 Å². The normalized spacial score (nSPS) is 10.0. The van der Waals surface area contributed by atoms with Crippen molar-refractivity contribution in [3.05, 3.63) is 33.8 Å². The van der Waals surface area contributed by atoms with E-state index in [0.717, 1.165) is 12.1 Å². The third-order valence-corrected chi connectivity index (χ3v) is 2.08. The van der Waals surface area contributed by atoms with Gasteiger partial charge >= 0.3 is 0 Å². The molecular formula is C7H2BrClF2O. The van der Waals surface area contributed by atoms with Gasteiger partial charge in [0.25, 0.3) is 5.24 Å². The van der Waals surface area contributed by atoms with E-state index in [-0.39, 0.29) is 10.0 Å². The fraction of sp³-hybridized carbons (Fsp3) is 0. The number of hydrogen-bond donors (Lipinski definition) is 0. The van der Waals surface area contributed by atoms with Crippen molar-refractivity contribution in [3.8, 4) is 0 Å². The van der Waals surface area contributed by atoms with Crippen LogP contribution < -0.4 is 0 Å². The average molecular weight is 255 g/mol. The topological polar surface area (TPSA) is 17.1 Å². The summed E-state index contributed by atoms with van der Waals surface area (Å²) >= 11 is 7.94. The molecule has 0 saturated heterocycles. The Labute approximate surface area is 80.5 Å². The first-order valence-electron chi connectivity index (χ1n) is 2.86. The second-order valence-corrected chi connectivity index (χ2v) is 3.22. The molecule has 0 heterocycles. The summed E-state index contributed by atoms with van der Waals surface area (Å²) in [5.74, 6) is -2.12. The maximum Gasteiger partial charge on any atom is 0.253 e. The first-order chi connectivity index (χ1) is 5.52. The van der Waals surface area contributed by atoms with E-state index in [9.17, 15) is 13.6 Å². The van der Waals surface area contributed by atoms with E-state index in [4.69, 9.17) is 11.6 Å². The van der Waals surface area contributed by atoms with Gasteiger partial charge in [0.05, 0.1) is 5.56 Å². The van der Waals surface area contributed by atoms with Crippen molar-refractivity contribution in [2.45, 2.75) is 0 Å². The Morgan fingerprint density at radius 1 is 1.33 bits per heavy atom. The highest BCUT2D eigenvalue weighted by Gasteiger charge is 2.12. The van der Waals surface area contributed by atoms with Crippen LogP contribution in [-0.4, -0.2) is 5.24 Å². The van der Waals surface area contributed by atoms with Gasteiger partial charge in [-0.25, -0.2) is 8.78 Å². The van der Waals surface area contributed by atoms with Gasteiger partial charge in [0, 0.05) is 4.47 Å². The van der Waals surface area contributed by atoms with Gasteiger partial charge in [-0.05, 0) is 39.7 Å². The average Bonchev–Trinajstić information content (AvgIpc) is 1.96. The van der Waals surface area contributed by atoms with E-state index in [1.807, 2.05) is 0 Å². The number of benzene rings is 1. The minimum atomic E-state index is -1.10. The van der Waals surface area contributed by atoms with Crippen LogP contribution in [0.4, 0.5) is 8.78 Å². The molecule has 0 spiro atoms. The molecule has 0 bridgehead atoms. The summed E-state index contributed by atoms with van der Waals surface area (Å²) in [5.41, 5.74) is -0.0874. The summed E-state index contributed by atoms with van der Waals surface area (Å²) in [6.07, 6.45) is 0. The van der Waals surface area contributed by atoms with Crippen molar-refractivity contribution in [2.24, 2.45) is 0 Å². The summed E-state index contributed by atoms with van der Waals surface area (Å²) < 4.78 is 25.1. The molecule has 64 valence electrons. The Morgan fingerprint density at radius 2 is 1.83 bits per heavy atom. The molecule has 0 radical (unpaired) electrons. The van der Waals surface area contributed by atoms with E-state index in [2.05, 4.69) is 15.9 Å². The second-order valence-electron chi connectivity index (χ2n) is 2.02. The van der Waals surface area contributed by atoms with Crippen LogP contribution in [-0.2, 0) is 0 Å². The number of halogens is 4. The van der Waals surface area contributed by atoms with Crippen LogP contribution in [0.15, 0.2) is 16.6 Å². The van der Waals surface area contributed by atoms with Gasteiger partial charge in [0.2, 0.25) is 0 Å². The van der Waals surface area contributed by atoms with Gasteiger partial charge in [0.15, 0.2) is 11.6 Å². The summed E-state index contributed by atoms with van der Waals surface area (Å²) in [7, 11) is 0. The SMILES string of the molecule is O=C(Cl)c1cc(F)c(F)cc1Br. The molecule has 0 atom stereocenters. The van der Waals surface area contributed by atoms with Crippen molar-refractivity contribution >= 4 is 32.8 Å². The van der Waals surface area contributed by atoms with Crippen LogP contribution in [0.1, 0.15) is 10.4 Å². The quantitative estimate of drug-likeness (QED) is 0.557. The standard InChI is InChI=1S/C7H2BrClF2O/c8-4-2-6(11)5(10)1-3(4)7(9)12/h1-2H. The zero-order chi connectivity index (χ0) is 9.30. The molecule has 0 fully saturated rings. The lowest BCUT2D eigenvalue weighted by Crippen LogP contribution is -1.94. The molecule has 0 unspecified atom stereocenters. The predicted octanol–water partition coefficient (Wildman–Crippen LogP) is 3.11. The number of hydrogen-bond acceptors (Lipinski definition) is 1. The summed E-state index contributed by atoms with van der Waals surface area (Å²) in [6.45, 7) is 0. The highest BCUT2D eigenvalue weighted by atomic mass is 79.9. The van der Waals surface area contributed by atoms with Crippen LogP contribution in [0, 0.1) is 11.6 Å². The Morgan fingerprint density at radius 3 is 2.33 bits per heavy atom. The van der Waals surface area contributed by atoms with Gasteiger partial charge < -0.3 is 0 Å². The monoisotopic (exact) mass is 254 g/mol. The van der Waals surface area contributed by atoms with Crippen molar-refractivity contribution in [3.63, 3.8) is 0 Å². The number of carbonyl (C=O) groups is 1. The fourth-order valence-corrected chi connectivity index (χ4v) is 1.44. The molecule has 5 heteroatoms. The summed E-state index contributed by atoms with van der Waals surface area (Å²) in [4.78, 5) is 10.6. The van der Waals surface area contributed by atoms with E-state index in [0.29, 0.717) is 0 Å². The van der Waals surface area contributed by atoms with Crippen LogP contribution in [0.5, 0.6) is 0 Å². The maximum atomic E-state index is 12.5. The summed E-state index contributed by atoms with van der Waals surface area (Å²) in [6, 6.07) is 1.60. The molecule has 0 aliphatic heterocycles. The third kappa shape index (κ3) is 1.81. The molecule has 0 aliphatic carbocycles. The third-order valence-electron chi connectivity index (χ3n) is 1.22. The van der Waals surface area contributed by atoms with Crippen LogP contribution in [0.3, 0.4) is 0 Å². The van der Waals surface area contributed by atoms with E-state index in [1.165, 1.54) is 0 Å². The highest BCUT2D eigenvalue weighted by molar-refractivity contribution is 9.10. The van der Waals surface area contributed by atoms with E-state index in [1.54, 1.807) is 0 Å². The molecular weight excluding hydrogens is 253 g/mol. The van der Waals surface area contributed by atoms with Crippen LogP contribution in [0.2, 0.25) is 0 Å². The van der Waals surface area contributed by atoms with E-state index < -0.39 is 16.9 Å². The Bertz CT molecular complexity index is 340. The van der Waals surface area contributed by atoms with Crippen LogP contribution in [0.25, 0.3) is 0 Å². The minimum absolute atomic E-state index is 0.0874. The van der Waals surface area contributed by atoms with Crippen molar-refractivity contribution in [1.29, 1.82) is 0 Å². The molecule has 0 saturated carbocycles. The molecule has 1 nitrogen and oxygen atoms in total. The maximum absolute atomic E-state index is 12.5. The minimum Gasteiger partial charge on any atom is -0.276 e. The number of rotatable bonds is 1. The Hall–Kier alpha value is -0.480. The first kappa shape index (κ1) is 9.61. The predicted molar refractivity (Wildman–Crippen MR) is 44.2 cm³/mol. The zero-order valence-electron chi connectivity index (χ0n) is 5.57. The van der Waals surface area contributed by atoms with Crippen molar-refractivity contribution in [1.82, 2.24) is 0 Å². The van der Waals surface area contributed by atoms with Crippen molar-refractivity contribution in [2.75, 3.05) is 0 Å². The lowest BCUT2D eigenvalue weighted by molar-refractivity contribution is 0.108. The lowest BCUT2D eigenvalue weighted by atomic mass is 10.2. The fourth-order valence-electron chi connectivity index (χ4n) is 0.673. The molecule has 0 aromatic heterocycles. The lowest BCUT2D eigenvalue weighted by Gasteiger charge is -1.98. The smallest absolute Gasteiger partial charge is 0.253 e. The highest BCUT2D eigenvalue weighted by Crippen LogP contribution is 2.21. The largest absolute Gasteiger partial charge is 0.276 e. The Balaban J connectivity index is 3.33. The van der Waals surface area contributed by atoms with Crippen LogP contribution >= 0.6 is 27.5 Å². The summed E-state index contributed by atoms with van der Waals surface area (Å²) in [5, 5.41) is -0.833. The van der Waals surface area contributed by atoms with Gasteiger partial charge in [0.1, 0.15) is 0 Å². The molecule has 0 aliphatic rings. The number of carbonyl (C=O) groups excluding carboxylic acids is 1. The molecule has 1 rings (SSSR count). The molecule has 12 heavy (non-hydrogen) atoms. The van der Waals surface area contributed by atoms with Gasteiger partial charge in [-0.3, -0.25) is 4.79 Å². The van der Waals surface area contributed by atoms with Gasteiger partial charge in [-0.2, -0.15) is 0 Å². The molecule has 1 aromatic carbocycles. The first-order valence-corrected chi connectivity index (χ1v) is 4.04. The van der Waals surface area contributed by atoms with Gasteiger partial charge in [-0.1, -0.05) is 0 Å². The Kier molecular flexibility index (Phi) is 2.80.